The molecule has 2 aromatic carbocycles. The van der Waals surface area contributed by atoms with E-state index in [1.165, 1.54) is 38.9 Å². The molecule has 2 N–H and O–H groups in total. The van der Waals surface area contributed by atoms with Crippen molar-refractivity contribution in [1.29, 1.82) is 0 Å². The molecule has 0 atom stereocenters. The number of pyridine rings is 2. The number of aromatic nitrogens is 4. The van der Waals surface area contributed by atoms with Crippen molar-refractivity contribution >= 4 is 21.8 Å². The Bertz CT molecular complexity index is 1590. The van der Waals surface area contributed by atoms with E-state index in [4.69, 9.17) is 0 Å². The van der Waals surface area contributed by atoms with Gasteiger partial charge < -0.3 is 9.97 Å². The van der Waals surface area contributed by atoms with Crippen LogP contribution in [0.1, 0.15) is 47.5 Å². The molecule has 1 aliphatic rings. The second-order valence-electron chi connectivity index (χ2n) is 9.57. The fourth-order valence-electron chi connectivity index (χ4n) is 6.22. The quantitative estimate of drug-likeness (QED) is 0.325. The molecule has 164 valence electrons. The predicted octanol–water partition coefficient (Wildman–Crippen LogP) is 6.46. The highest BCUT2D eigenvalue weighted by atomic mass is 14.9. The molecular weight excluding hydrogens is 416 g/mol. The van der Waals surface area contributed by atoms with Gasteiger partial charge in [0.2, 0.25) is 0 Å². The van der Waals surface area contributed by atoms with E-state index in [1.807, 2.05) is 36.9 Å². The highest BCUT2D eigenvalue weighted by Gasteiger charge is 2.52. The number of fused-ring (bicyclic) bond motifs is 6. The molecule has 7 rings (SSSR count). The van der Waals surface area contributed by atoms with Crippen molar-refractivity contribution in [3.63, 3.8) is 0 Å². The van der Waals surface area contributed by atoms with Gasteiger partial charge in [0.25, 0.3) is 0 Å². The number of benzene rings is 2. The van der Waals surface area contributed by atoms with Crippen LogP contribution in [0.4, 0.5) is 0 Å². The summed E-state index contributed by atoms with van der Waals surface area (Å²) in [6.45, 7) is 4.67. The Kier molecular flexibility index (Phi) is 3.79. The molecule has 0 amide bonds. The van der Waals surface area contributed by atoms with Crippen molar-refractivity contribution in [3.8, 4) is 0 Å². The monoisotopic (exact) mass is 440 g/mol. The first kappa shape index (κ1) is 19.3. The molecule has 0 fully saturated rings. The minimum Gasteiger partial charge on any atom is -0.357 e. The second kappa shape index (κ2) is 6.67. The molecule has 0 aliphatic heterocycles. The lowest BCUT2D eigenvalue weighted by atomic mass is 9.58. The molecule has 6 aromatic rings. The number of nitrogens with zero attached hydrogens (tertiary/aromatic N) is 2. The van der Waals surface area contributed by atoms with Gasteiger partial charge in [-0.15, -0.1) is 0 Å². The van der Waals surface area contributed by atoms with Gasteiger partial charge in [-0.05, 0) is 60.4 Å². The summed E-state index contributed by atoms with van der Waals surface area (Å²) in [5, 5.41) is 2.49. The molecule has 0 radical (unpaired) electrons. The smallest absolute Gasteiger partial charge is 0.0745 e. The standard InChI is InChI=1S/C30H24N4/c1-29(19-9-7-15-31-17-19)25-21-11-3-5-13-23(21)33-27(25)30(2,20-10-8-16-32-18-20)28-26(29)22-12-4-6-14-24(22)34-28/h3-18,33-34H,1-2H3. The Hall–Kier alpha value is -4.18. The molecular formula is C30H24N4. The normalized spacial score (nSPS) is 21.5. The number of H-pyrrole nitrogens is 2. The summed E-state index contributed by atoms with van der Waals surface area (Å²) >= 11 is 0. The van der Waals surface area contributed by atoms with E-state index in [2.05, 4.69) is 94.4 Å². The number of hydrogen-bond acceptors (Lipinski definition) is 2. The number of para-hydroxylation sites is 2. The van der Waals surface area contributed by atoms with Crippen LogP contribution in [-0.2, 0) is 10.8 Å². The van der Waals surface area contributed by atoms with Gasteiger partial charge in [0, 0.05) is 63.4 Å². The maximum atomic E-state index is 4.54. The van der Waals surface area contributed by atoms with Crippen LogP contribution in [0.15, 0.2) is 97.6 Å². The highest BCUT2D eigenvalue weighted by Crippen LogP contribution is 2.58. The largest absolute Gasteiger partial charge is 0.357 e. The molecule has 4 nitrogen and oxygen atoms in total. The molecule has 4 heterocycles. The summed E-state index contributed by atoms with van der Waals surface area (Å²) in [4.78, 5) is 16.8. The van der Waals surface area contributed by atoms with E-state index >= 15 is 0 Å². The van der Waals surface area contributed by atoms with Gasteiger partial charge in [-0.3, -0.25) is 9.97 Å². The van der Waals surface area contributed by atoms with Gasteiger partial charge in [-0.1, -0.05) is 48.5 Å². The summed E-state index contributed by atoms with van der Waals surface area (Å²) in [5.74, 6) is 0. The molecule has 0 unspecified atom stereocenters. The number of rotatable bonds is 2. The Balaban J connectivity index is 1.73. The van der Waals surface area contributed by atoms with Crippen molar-refractivity contribution in [2.45, 2.75) is 24.7 Å². The van der Waals surface area contributed by atoms with Crippen LogP contribution in [0.2, 0.25) is 0 Å². The molecule has 4 heteroatoms. The summed E-state index contributed by atoms with van der Waals surface area (Å²) in [6, 6.07) is 25.7. The van der Waals surface area contributed by atoms with E-state index in [9.17, 15) is 0 Å². The summed E-state index contributed by atoms with van der Waals surface area (Å²) in [7, 11) is 0. The van der Waals surface area contributed by atoms with Gasteiger partial charge in [0.15, 0.2) is 0 Å². The zero-order valence-electron chi connectivity index (χ0n) is 19.1. The van der Waals surface area contributed by atoms with E-state index in [0.717, 1.165) is 16.6 Å². The molecule has 0 saturated carbocycles. The minimum atomic E-state index is -0.432. The average molecular weight is 441 g/mol. The number of hydrogen-bond donors (Lipinski definition) is 2. The zero-order valence-corrected chi connectivity index (χ0v) is 19.1. The third-order valence-electron chi connectivity index (χ3n) is 7.89. The van der Waals surface area contributed by atoms with E-state index in [1.54, 1.807) is 0 Å². The van der Waals surface area contributed by atoms with Crippen LogP contribution in [0.3, 0.4) is 0 Å². The van der Waals surface area contributed by atoms with Gasteiger partial charge in [0.05, 0.1) is 5.41 Å². The van der Waals surface area contributed by atoms with Crippen LogP contribution < -0.4 is 0 Å². The van der Waals surface area contributed by atoms with Gasteiger partial charge in [-0.2, -0.15) is 0 Å². The van der Waals surface area contributed by atoms with Crippen LogP contribution in [0.25, 0.3) is 21.8 Å². The van der Waals surface area contributed by atoms with Crippen molar-refractivity contribution in [2.75, 3.05) is 0 Å². The molecule has 0 bridgehead atoms. The first-order chi connectivity index (χ1) is 16.6. The lowest BCUT2D eigenvalue weighted by Crippen LogP contribution is -2.41. The Morgan fingerprint density at radius 2 is 1.03 bits per heavy atom. The lowest BCUT2D eigenvalue weighted by molar-refractivity contribution is 0.553. The van der Waals surface area contributed by atoms with Crippen molar-refractivity contribution < 1.29 is 0 Å². The minimum absolute atomic E-state index is 0.403. The summed E-state index contributed by atoms with van der Waals surface area (Å²) < 4.78 is 0. The zero-order chi connectivity index (χ0) is 22.9. The SMILES string of the molecule is CC1(c2cccnc2)c2[nH]c3ccccc3c2C(C)(c2cccnc2)c2c1[nH]c1ccccc21. The van der Waals surface area contributed by atoms with Gasteiger partial charge in [-0.25, -0.2) is 0 Å². The fourth-order valence-corrected chi connectivity index (χ4v) is 6.22. The summed E-state index contributed by atoms with van der Waals surface area (Å²) in [5.41, 5.74) is 8.81. The maximum Gasteiger partial charge on any atom is 0.0745 e. The lowest BCUT2D eigenvalue weighted by Gasteiger charge is -2.44. The van der Waals surface area contributed by atoms with E-state index in [-0.39, 0.29) is 0 Å². The van der Waals surface area contributed by atoms with Crippen LogP contribution in [0.5, 0.6) is 0 Å². The second-order valence-corrected chi connectivity index (χ2v) is 9.57. The Morgan fingerprint density at radius 3 is 1.50 bits per heavy atom. The number of nitrogens with one attached hydrogen (secondary N) is 2. The molecule has 34 heavy (non-hydrogen) atoms. The Morgan fingerprint density at radius 1 is 0.559 bits per heavy atom. The van der Waals surface area contributed by atoms with Crippen LogP contribution >= 0.6 is 0 Å². The van der Waals surface area contributed by atoms with Crippen molar-refractivity contribution in [3.05, 3.63) is 131 Å². The van der Waals surface area contributed by atoms with Gasteiger partial charge in [0.1, 0.15) is 0 Å². The number of aromatic amines is 2. The molecule has 1 aliphatic carbocycles. The predicted molar refractivity (Wildman–Crippen MR) is 136 cm³/mol. The first-order valence-corrected chi connectivity index (χ1v) is 11.7. The molecule has 4 aromatic heterocycles. The van der Waals surface area contributed by atoms with E-state index < -0.39 is 10.8 Å². The first-order valence-electron chi connectivity index (χ1n) is 11.7. The average Bonchev–Trinajstić information content (AvgIpc) is 3.49. The topological polar surface area (TPSA) is 57.4 Å². The highest BCUT2D eigenvalue weighted by molar-refractivity contribution is 5.95. The summed E-state index contributed by atoms with van der Waals surface area (Å²) in [6.07, 6.45) is 7.70. The van der Waals surface area contributed by atoms with Crippen molar-refractivity contribution in [2.24, 2.45) is 0 Å². The third kappa shape index (κ3) is 2.27. The van der Waals surface area contributed by atoms with Gasteiger partial charge >= 0.3 is 0 Å². The fraction of sp³-hybridized carbons (Fsp3) is 0.133. The third-order valence-corrected chi connectivity index (χ3v) is 7.89. The van der Waals surface area contributed by atoms with E-state index in [0.29, 0.717) is 0 Å². The van der Waals surface area contributed by atoms with Crippen molar-refractivity contribution in [1.82, 2.24) is 19.9 Å². The maximum absolute atomic E-state index is 4.54. The molecule has 0 saturated heterocycles. The molecule has 0 spiro atoms. The van der Waals surface area contributed by atoms with Crippen LogP contribution in [-0.4, -0.2) is 19.9 Å². The Labute approximate surface area is 197 Å². The van der Waals surface area contributed by atoms with Crippen LogP contribution in [0, 0.1) is 0 Å².